The lowest BCUT2D eigenvalue weighted by Gasteiger charge is -2.02. The molecule has 74 valence electrons. The van der Waals surface area contributed by atoms with Crippen molar-refractivity contribution in [2.24, 2.45) is 5.73 Å². The highest BCUT2D eigenvalue weighted by Gasteiger charge is 1.89. The first-order valence-electron chi connectivity index (χ1n) is 3.36. The summed E-state index contributed by atoms with van der Waals surface area (Å²) in [7, 11) is 0. The van der Waals surface area contributed by atoms with E-state index in [0.29, 0.717) is 11.7 Å². The van der Waals surface area contributed by atoms with E-state index in [2.05, 4.69) is 17.5 Å². The van der Waals surface area contributed by atoms with Crippen LogP contribution in [-0.2, 0) is 6.54 Å². The second-order valence-corrected chi connectivity index (χ2v) is 2.64. The number of hydrogen-bond donors (Lipinski definition) is 2. The molecule has 0 saturated carbocycles. The monoisotopic (exact) mass is 220 g/mol. The van der Waals surface area contributed by atoms with Gasteiger partial charge in [-0.25, -0.2) is 0 Å². The second-order valence-electron chi connectivity index (χ2n) is 2.20. The SMILES string of the molecule is Cl.NC(=S)NCc1ccccc1.O. The number of halogens is 1. The van der Waals surface area contributed by atoms with Gasteiger partial charge in [-0.2, -0.15) is 0 Å². The van der Waals surface area contributed by atoms with Crippen molar-refractivity contribution < 1.29 is 5.48 Å². The summed E-state index contributed by atoms with van der Waals surface area (Å²) in [5, 5.41) is 3.21. The van der Waals surface area contributed by atoms with E-state index in [-0.39, 0.29) is 17.9 Å². The molecular formula is C8H13ClN2OS. The summed E-state index contributed by atoms with van der Waals surface area (Å²) in [5.41, 5.74) is 6.44. The van der Waals surface area contributed by atoms with E-state index in [1.165, 1.54) is 5.56 Å². The Labute approximate surface area is 89.0 Å². The molecule has 0 aromatic heterocycles. The minimum Gasteiger partial charge on any atom is -0.412 e. The van der Waals surface area contributed by atoms with Crippen LogP contribution in [0.3, 0.4) is 0 Å². The van der Waals surface area contributed by atoms with Crippen LogP contribution in [0.1, 0.15) is 5.56 Å². The first-order valence-corrected chi connectivity index (χ1v) is 3.77. The number of rotatable bonds is 2. The van der Waals surface area contributed by atoms with Crippen molar-refractivity contribution in [3.63, 3.8) is 0 Å². The maximum Gasteiger partial charge on any atom is 0.163 e. The third kappa shape index (κ3) is 6.33. The highest BCUT2D eigenvalue weighted by molar-refractivity contribution is 7.80. The van der Waals surface area contributed by atoms with Crippen LogP contribution < -0.4 is 11.1 Å². The van der Waals surface area contributed by atoms with Crippen LogP contribution in [0.2, 0.25) is 0 Å². The van der Waals surface area contributed by atoms with Gasteiger partial charge in [-0.3, -0.25) is 0 Å². The molecule has 5 heteroatoms. The Hall–Kier alpha value is -0.840. The molecule has 0 atom stereocenters. The third-order valence-electron chi connectivity index (χ3n) is 1.31. The molecule has 0 heterocycles. The molecule has 0 aliphatic heterocycles. The Balaban J connectivity index is 0. The van der Waals surface area contributed by atoms with Crippen LogP contribution in [0, 0.1) is 0 Å². The average Bonchev–Trinajstić information content (AvgIpc) is 2.03. The van der Waals surface area contributed by atoms with Gasteiger partial charge in [0.15, 0.2) is 5.11 Å². The van der Waals surface area contributed by atoms with E-state index in [4.69, 9.17) is 5.73 Å². The van der Waals surface area contributed by atoms with Gasteiger partial charge in [0.25, 0.3) is 0 Å². The van der Waals surface area contributed by atoms with Gasteiger partial charge in [-0.05, 0) is 17.8 Å². The Bertz CT molecular complexity index is 243. The lowest BCUT2D eigenvalue weighted by molar-refractivity contribution is 0.824. The van der Waals surface area contributed by atoms with Crippen LogP contribution in [0.15, 0.2) is 30.3 Å². The van der Waals surface area contributed by atoms with Crippen LogP contribution in [0.4, 0.5) is 0 Å². The fourth-order valence-corrected chi connectivity index (χ4v) is 0.857. The van der Waals surface area contributed by atoms with Crippen molar-refractivity contribution in [3.05, 3.63) is 35.9 Å². The molecule has 13 heavy (non-hydrogen) atoms. The molecule has 1 aromatic rings. The summed E-state index contributed by atoms with van der Waals surface area (Å²) >= 11 is 4.66. The molecule has 0 fully saturated rings. The largest absolute Gasteiger partial charge is 0.412 e. The van der Waals surface area contributed by atoms with Crippen LogP contribution in [0.25, 0.3) is 0 Å². The number of nitrogens with two attached hydrogens (primary N) is 1. The Kier molecular flexibility index (Phi) is 8.79. The Morgan fingerprint density at radius 1 is 1.31 bits per heavy atom. The first kappa shape index (κ1) is 14.7. The fraction of sp³-hybridized carbons (Fsp3) is 0.125. The molecule has 0 aliphatic carbocycles. The summed E-state index contributed by atoms with van der Waals surface area (Å²) in [6.07, 6.45) is 0. The highest BCUT2D eigenvalue weighted by atomic mass is 35.5. The van der Waals surface area contributed by atoms with Crippen molar-refractivity contribution in [2.45, 2.75) is 6.54 Å². The van der Waals surface area contributed by atoms with E-state index >= 15 is 0 Å². The molecule has 3 nitrogen and oxygen atoms in total. The van der Waals surface area contributed by atoms with Crippen molar-refractivity contribution in [2.75, 3.05) is 0 Å². The minimum absolute atomic E-state index is 0. The number of nitrogens with one attached hydrogen (secondary N) is 1. The van der Waals surface area contributed by atoms with Gasteiger partial charge in [-0.1, -0.05) is 30.3 Å². The van der Waals surface area contributed by atoms with Gasteiger partial charge < -0.3 is 16.5 Å². The third-order valence-corrected chi connectivity index (χ3v) is 1.45. The highest BCUT2D eigenvalue weighted by Crippen LogP contribution is 1.96. The number of thiocarbonyl (C=S) groups is 1. The average molecular weight is 221 g/mol. The molecule has 0 radical (unpaired) electrons. The van der Waals surface area contributed by atoms with E-state index in [0.717, 1.165) is 0 Å². The molecule has 1 aromatic carbocycles. The summed E-state index contributed by atoms with van der Waals surface area (Å²) in [5.74, 6) is 0. The number of benzene rings is 1. The zero-order valence-corrected chi connectivity index (χ0v) is 8.62. The molecule has 0 bridgehead atoms. The maximum atomic E-state index is 5.26. The molecule has 0 unspecified atom stereocenters. The smallest absolute Gasteiger partial charge is 0.163 e. The Morgan fingerprint density at radius 2 is 1.85 bits per heavy atom. The van der Waals surface area contributed by atoms with Crippen molar-refractivity contribution >= 4 is 29.7 Å². The molecule has 0 saturated heterocycles. The van der Waals surface area contributed by atoms with E-state index in [9.17, 15) is 0 Å². The zero-order valence-electron chi connectivity index (χ0n) is 6.99. The van der Waals surface area contributed by atoms with Gasteiger partial charge >= 0.3 is 0 Å². The number of hydrogen-bond acceptors (Lipinski definition) is 1. The first-order chi connectivity index (χ1) is 5.29. The predicted molar refractivity (Wildman–Crippen MR) is 60.9 cm³/mol. The summed E-state index contributed by atoms with van der Waals surface area (Å²) in [6.45, 7) is 0.705. The summed E-state index contributed by atoms with van der Waals surface area (Å²) in [6, 6.07) is 9.98. The van der Waals surface area contributed by atoms with Crippen LogP contribution in [0.5, 0.6) is 0 Å². The molecule has 1 rings (SSSR count). The van der Waals surface area contributed by atoms with Gasteiger partial charge in [0.1, 0.15) is 0 Å². The van der Waals surface area contributed by atoms with Gasteiger partial charge in [0.2, 0.25) is 0 Å². The van der Waals surface area contributed by atoms with Gasteiger partial charge in [0.05, 0.1) is 0 Å². The molecule has 5 N–H and O–H groups in total. The van der Waals surface area contributed by atoms with E-state index < -0.39 is 0 Å². The van der Waals surface area contributed by atoms with E-state index in [1.54, 1.807) is 0 Å². The van der Waals surface area contributed by atoms with Crippen molar-refractivity contribution in [1.29, 1.82) is 0 Å². The second kappa shape index (κ2) is 7.79. The predicted octanol–water partition coefficient (Wildman–Crippen LogP) is 0.617. The molecule has 0 spiro atoms. The zero-order chi connectivity index (χ0) is 8.10. The molecular weight excluding hydrogens is 208 g/mol. The quantitative estimate of drug-likeness (QED) is 0.718. The van der Waals surface area contributed by atoms with E-state index in [1.807, 2.05) is 30.3 Å². The summed E-state index contributed by atoms with van der Waals surface area (Å²) in [4.78, 5) is 0. The van der Waals surface area contributed by atoms with Crippen LogP contribution >= 0.6 is 24.6 Å². The molecule has 0 aliphatic rings. The maximum absolute atomic E-state index is 5.26. The normalized spacial score (nSPS) is 7.69. The van der Waals surface area contributed by atoms with Gasteiger partial charge in [-0.15, -0.1) is 12.4 Å². The fourth-order valence-electron chi connectivity index (χ4n) is 0.785. The Morgan fingerprint density at radius 3 is 2.31 bits per heavy atom. The van der Waals surface area contributed by atoms with Gasteiger partial charge in [0, 0.05) is 6.54 Å². The van der Waals surface area contributed by atoms with Crippen molar-refractivity contribution in [3.8, 4) is 0 Å². The minimum atomic E-state index is 0. The lowest BCUT2D eigenvalue weighted by atomic mass is 10.2. The lowest BCUT2D eigenvalue weighted by Crippen LogP contribution is -2.28. The standard InChI is InChI=1S/C8H10N2S.ClH.H2O/c9-8(11)10-6-7-4-2-1-3-5-7;;/h1-5H,6H2,(H3,9,10,11);1H;1H2. The molecule has 0 amide bonds. The topological polar surface area (TPSA) is 69.5 Å². The van der Waals surface area contributed by atoms with Crippen LogP contribution in [-0.4, -0.2) is 10.6 Å². The van der Waals surface area contributed by atoms with Crippen molar-refractivity contribution in [1.82, 2.24) is 5.32 Å². The summed E-state index contributed by atoms with van der Waals surface area (Å²) < 4.78 is 0.